The first kappa shape index (κ1) is 18.8. The van der Waals surface area contributed by atoms with E-state index in [0.29, 0.717) is 5.75 Å². The smallest absolute Gasteiger partial charge is 0.417 e. The highest BCUT2D eigenvalue weighted by Gasteiger charge is 2.33. The van der Waals surface area contributed by atoms with Crippen molar-refractivity contribution < 1.29 is 22.6 Å². The van der Waals surface area contributed by atoms with Crippen molar-refractivity contribution in [2.24, 2.45) is 0 Å². The van der Waals surface area contributed by atoms with Gasteiger partial charge >= 0.3 is 11.9 Å². The summed E-state index contributed by atoms with van der Waals surface area (Å²) in [6.45, 7) is 0.180. The lowest BCUT2D eigenvalue weighted by atomic mass is 10.2. The van der Waals surface area contributed by atoms with E-state index >= 15 is 0 Å². The van der Waals surface area contributed by atoms with Gasteiger partial charge in [0.15, 0.2) is 5.88 Å². The van der Waals surface area contributed by atoms with Crippen LogP contribution in [0.3, 0.4) is 0 Å². The first-order chi connectivity index (χ1) is 12.8. The van der Waals surface area contributed by atoms with Gasteiger partial charge in [-0.25, -0.2) is 9.78 Å². The molecule has 0 spiro atoms. The van der Waals surface area contributed by atoms with E-state index < -0.39 is 22.5 Å². The summed E-state index contributed by atoms with van der Waals surface area (Å²) in [5.41, 5.74) is -0.706. The SMILES string of the molecule is O=c1nccc(OCc2ccc(Oc3ccc(Cl)c(C(F)(F)F)c3)cc2)[nH]1. The lowest BCUT2D eigenvalue weighted by Gasteiger charge is -2.12. The maximum absolute atomic E-state index is 12.9. The van der Waals surface area contributed by atoms with Crippen molar-refractivity contribution >= 4 is 11.6 Å². The maximum atomic E-state index is 12.9. The van der Waals surface area contributed by atoms with Crippen LogP contribution in [-0.2, 0) is 12.8 Å². The molecule has 0 bridgehead atoms. The molecule has 9 heteroatoms. The second kappa shape index (κ2) is 7.71. The zero-order valence-corrected chi connectivity index (χ0v) is 14.3. The van der Waals surface area contributed by atoms with Gasteiger partial charge in [0.05, 0.1) is 10.6 Å². The standard InChI is InChI=1S/C18H12ClF3N2O3/c19-15-6-5-13(9-14(15)18(20,21)22)27-12-3-1-11(2-4-12)10-26-16-7-8-23-17(25)24-16/h1-9H,10H2,(H,23,24,25). The van der Waals surface area contributed by atoms with Crippen LogP contribution in [0.15, 0.2) is 59.5 Å². The second-order valence-electron chi connectivity index (χ2n) is 5.41. The number of benzene rings is 2. The second-order valence-corrected chi connectivity index (χ2v) is 5.82. The molecule has 0 fully saturated rings. The van der Waals surface area contributed by atoms with Crippen LogP contribution in [0.1, 0.15) is 11.1 Å². The van der Waals surface area contributed by atoms with Crippen LogP contribution >= 0.6 is 11.6 Å². The third-order valence-corrected chi connectivity index (χ3v) is 3.77. The predicted octanol–water partition coefficient (Wildman–Crippen LogP) is 4.81. The van der Waals surface area contributed by atoms with Crippen molar-refractivity contribution in [1.82, 2.24) is 9.97 Å². The molecule has 1 N–H and O–H groups in total. The van der Waals surface area contributed by atoms with Crippen molar-refractivity contribution in [2.45, 2.75) is 12.8 Å². The molecular formula is C18H12ClF3N2O3. The third-order valence-electron chi connectivity index (χ3n) is 3.44. The molecule has 0 atom stereocenters. The van der Waals surface area contributed by atoms with E-state index in [0.717, 1.165) is 17.7 Å². The summed E-state index contributed by atoms with van der Waals surface area (Å²) in [5.74, 6) is 0.646. The molecule has 1 aromatic heterocycles. The fraction of sp³-hybridized carbons (Fsp3) is 0.111. The quantitative estimate of drug-likeness (QED) is 0.672. The minimum Gasteiger partial charge on any atom is -0.474 e. The molecule has 0 radical (unpaired) electrons. The Hall–Kier alpha value is -3.00. The van der Waals surface area contributed by atoms with Crippen molar-refractivity contribution in [3.05, 3.63) is 81.4 Å². The number of hydrogen-bond donors (Lipinski definition) is 1. The zero-order chi connectivity index (χ0) is 19.4. The van der Waals surface area contributed by atoms with Gasteiger partial charge in [-0.2, -0.15) is 13.2 Å². The van der Waals surface area contributed by atoms with Gasteiger partial charge in [0.2, 0.25) is 0 Å². The lowest BCUT2D eigenvalue weighted by molar-refractivity contribution is -0.137. The van der Waals surface area contributed by atoms with Crippen molar-refractivity contribution in [3.8, 4) is 17.4 Å². The summed E-state index contributed by atoms with van der Waals surface area (Å²) in [6.07, 6.45) is -3.24. The Morgan fingerprint density at radius 1 is 1.04 bits per heavy atom. The molecule has 0 saturated carbocycles. The highest BCUT2D eigenvalue weighted by Crippen LogP contribution is 2.37. The average molecular weight is 397 g/mol. The molecule has 0 amide bonds. The number of H-pyrrole nitrogens is 1. The fourth-order valence-corrected chi connectivity index (χ4v) is 2.40. The van der Waals surface area contributed by atoms with Gasteiger partial charge in [-0.05, 0) is 35.9 Å². The van der Waals surface area contributed by atoms with Crippen LogP contribution in [0.2, 0.25) is 5.02 Å². The summed E-state index contributed by atoms with van der Waals surface area (Å²) < 4.78 is 49.5. The van der Waals surface area contributed by atoms with E-state index in [9.17, 15) is 18.0 Å². The number of aromatic nitrogens is 2. The molecule has 0 aliphatic heterocycles. The minimum atomic E-state index is -4.56. The molecule has 3 rings (SSSR count). The van der Waals surface area contributed by atoms with Crippen molar-refractivity contribution in [2.75, 3.05) is 0 Å². The number of halogens is 4. The van der Waals surface area contributed by atoms with Gasteiger partial charge < -0.3 is 9.47 Å². The third kappa shape index (κ3) is 5.01. The maximum Gasteiger partial charge on any atom is 0.417 e. The van der Waals surface area contributed by atoms with Gasteiger partial charge in [-0.15, -0.1) is 0 Å². The number of alkyl halides is 3. The van der Waals surface area contributed by atoms with Gasteiger partial charge in [0.25, 0.3) is 0 Å². The molecule has 27 heavy (non-hydrogen) atoms. The predicted molar refractivity (Wildman–Crippen MR) is 92.2 cm³/mol. The van der Waals surface area contributed by atoms with Crippen LogP contribution in [0.25, 0.3) is 0 Å². The number of ether oxygens (including phenoxy) is 2. The number of aromatic amines is 1. The topological polar surface area (TPSA) is 64.2 Å². The van der Waals surface area contributed by atoms with Crippen molar-refractivity contribution in [3.63, 3.8) is 0 Å². The van der Waals surface area contributed by atoms with Gasteiger partial charge in [-0.1, -0.05) is 23.7 Å². The van der Waals surface area contributed by atoms with Crippen LogP contribution in [0.4, 0.5) is 13.2 Å². The summed E-state index contributed by atoms with van der Waals surface area (Å²) in [6, 6.07) is 11.4. The molecular weight excluding hydrogens is 385 g/mol. The normalized spacial score (nSPS) is 11.3. The Balaban J connectivity index is 1.66. The molecule has 1 heterocycles. The van der Waals surface area contributed by atoms with E-state index in [-0.39, 0.29) is 18.2 Å². The number of rotatable bonds is 5. The summed E-state index contributed by atoms with van der Waals surface area (Å²) in [4.78, 5) is 17.0. The van der Waals surface area contributed by atoms with Gasteiger partial charge in [0.1, 0.15) is 18.1 Å². The average Bonchev–Trinajstić information content (AvgIpc) is 2.62. The molecule has 0 saturated heterocycles. The number of nitrogens with one attached hydrogen (secondary N) is 1. The molecule has 2 aromatic carbocycles. The Labute approximate surface area is 156 Å². The van der Waals surface area contributed by atoms with E-state index in [4.69, 9.17) is 21.1 Å². The van der Waals surface area contributed by atoms with Gasteiger partial charge in [0, 0.05) is 12.3 Å². The molecule has 0 aliphatic carbocycles. The fourth-order valence-electron chi connectivity index (χ4n) is 2.17. The molecule has 3 aromatic rings. The lowest BCUT2D eigenvalue weighted by Crippen LogP contribution is -2.10. The van der Waals surface area contributed by atoms with Crippen LogP contribution in [0.5, 0.6) is 17.4 Å². The Bertz CT molecular complexity index is 988. The number of hydrogen-bond acceptors (Lipinski definition) is 4. The molecule has 5 nitrogen and oxygen atoms in total. The van der Waals surface area contributed by atoms with Crippen molar-refractivity contribution in [1.29, 1.82) is 0 Å². The van der Waals surface area contributed by atoms with Gasteiger partial charge in [-0.3, -0.25) is 4.98 Å². The van der Waals surface area contributed by atoms with E-state index in [1.807, 2.05) is 0 Å². The van der Waals surface area contributed by atoms with E-state index in [2.05, 4.69) is 9.97 Å². The van der Waals surface area contributed by atoms with Crippen LogP contribution < -0.4 is 15.2 Å². The Morgan fingerprint density at radius 3 is 2.41 bits per heavy atom. The largest absolute Gasteiger partial charge is 0.474 e. The Morgan fingerprint density at radius 2 is 1.74 bits per heavy atom. The summed E-state index contributed by atoms with van der Waals surface area (Å²) in [7, 11) is 0. The molecule has 0 unspecified atom stereocenters. The van der Waals surface area contributed by atoms with Crippen LogP contribution in [-0.4, -0.2) is 9.97 Å². The minimum absolute atomic E-state index is 0.0186. The molecule has 140 valence electrons. The highest BCUT2D eigenvalue weighted by atomic mass is 35.5. The van der Waals surface area contributed by atoms with E-state index in [1.165, 1.54) is 18.3 Å². The Kier molecular flexibility index (Phi) is 5.36. The summed E-state index contributed by atoms with van der Waals surface area (Å²) in [5, 5.41) is -0.392. The van der Waals surface area contributed by atoms with Crippen LogP contribution in [0, 0.1) is 0 Å². The number of nitrogens with zero attached hydrogens (tertiary/aromatic N) is 1. The first-order valence-electron chi connectivity index (χ1n) is 7.63. The highest BCUT2D eigenvalue weighted by molar-refractivity contribution is 6.31. The molecule has 0 aliphatic rings. The van der Waals surface area contributed by atoms with E-state index in [1.54, 1.807) is 24.3 Å². The first-order valence-corrected chi connectivity index (χ1v) is 8.01. The zero-order valence-electron chi connectivity index (χ0n) is 13.6. The summed E-state index contributed by atoms with van der Waals surface area (Å²) >= 11 is 5.58. The monoisotopic (exact) mass is 396 g/mol.